The van der Waals surface area contributed by atoms with Crippen molar-refractivity contribution >= 4 is 11.9 Å². The monoisotopic (exact) mass is 334 g/mol. The largest absolute Gasteiger partial charge is 0.354 e. The van der Waals surface area contributed by atoms with Gasteiger partial charge in [-0.1, -0.05) is 31.2 Å². The highest BCUT2D eigenvalue weighted by molar-refractivity contribution is 5.75. The number of unbranched alkanes of at least 4 members (excludes halogenated alkanes) is 1. The summed E-state index contributed by atoms with van der Waals surface area (Å²) in [5.41, 5.74) is 7.49. The molecule has 1 aromatic rings. The van der Waals surface area contributed by atoms with Crippen molar-refractivity contribution < 1.29 is 9.59 Å². The minimum absolute atomic E-state index is 0.0334. The second kappa shape index (κ2) is 10.6. The van der Waals surface area contributed by atoms with Crippen LogP contribution in [0.4, 0.5) is 4.79 Å². The van der Waals surface area contributed by atoms with E-state index in [4.69, 9.17) is 5.73 Å². The molecule has 0 aliphatic rings. The summed E-state index contributed by atoms with van der Waals surface area (Å²) in [6.45, 7) is 3.22. The lowest BCUT2D eigenvalue weighted by Crippen LogP contribution is -2.34. The van der Waals surface area contributed by atoms with Crippen molar-refractivity contribution in [3.05, 3.63) is 35.4 Å². The van der Waals surface area contributed by atoms with Crippen LogP contribution in [0.15, 0.2) is 24.3 Å². The van der Waals surface area contributed by atoms with E-state index in [0.717, 1.165) is 19.3 Å². The van der Waals surface area contributed by atoms with Crippen LogP contribution in [-0.2, 0) is 11.2 Å². The Morgan fingerprint density at radius 1 is 1.12 bits per heavy atom. The molecule has 1 atom stereocenters. The van der Waals surface area contributed by atoms with Crippen LogP contribution in [-0.4, -0.2) is 44.0 Å². The Labute approximate surface area is 144 Å². The lowest BCUT2D eigenvalue weighted by atomic mass is 10.0. The van der Waals surface area contributed by atoms with E-state index in [1.54, 1.807) is 0 Å². The first-order chi connectivity index (χ1) is 11.4. The van der Waals surface area contributed by atoms with Crippen molar-refractivity contribution in [2.45, 2.75) is 38.6 Å². The zero-order chi connectivity index (χ0) is 17.9. The number of benzene rings is 1. The number of carbonyl (C=O) groups is 2. The highest BCUT2D eigenvalue weighted by atomic mass is 16.2. The molecule has 134 valence electrons. The molecule has 0 radical (unpaired) electrons. The van der Waals surface area contributed by atoms with E-state index < -0.39 is 6.03 Å². The fourth-order valence-electron chi connectivity index (χ4n) is 2.50. The number of rotatable bonds is 10. The molecule has 4 N–H and O–H groups in total. The first kappa shape index (κ1) is 20.0. The van der Waals surface area contributed by atoms with Crippen LogP contribution in [0, 0.1) is 0 Å². The van der Waals surface area contributed by atoms with Crippen molar-refractivity contribution in [2.24, 2.45) is 5.73 Å². The number of primary amides is 1. The highest BCUT2D eigenvalue weighted by Gasteiger charge is 2.15. The fraction of sp³-hybridized carbons (Fsp3) is 0.556. The van der Waals surface area contributed by atoms with E-state index in [2.05, 4.69) is 46.7 Å². The lowest BCUT2D eigenvalue weighted by Gasteiger charge is -2.25. The predicted octanol–water partition coefficient (Wildman–Crippen LogP) is 1.81. The Bertz CT molecular complexity index is 514. The van der Waals surface area contributed by atoms with Crippen LogP contribution in [0.1, 0.15) is 43.4 Å². The number of nitrogens with one attached hydrogen (secondary N) is 2. The third kappa shape index (κ3) is 7.46. The van der Waals surface area contributed by atoms with Gasteiger partial charge in [0.15, 0.2) is 0 Å². The molecule has 0 saturated carbocycles. The molecule has 0 aliphatic heterocycles. The summed E-state index contributed by atoms with van der Waals surface area (Å²) in [6, 6.07) is 8.16. The van der Waals surface area contributed by atoms with Gasteiger partial charge < -0.3 is 21.3 Å². The van der Waals surface area contributed by atoms with Crippen LogP contribution in [0.2, 0.25) is 0 Å². The number of nitrogens with two attached hydrogens (primary N) is 1. The van der Waals surface area contributed by atoms with Crippen molar-refractivity contribution in [3.63, 3.8) is 0 Å². The summed E-state index contributed by atoms with van der Waals surface area (Å²) < 4.78 is 0. The molecule has 1 aromatic carbocycles. The van der Waals surface area contributed by atoms with Gasteiger partial charge in [0.1, 0.15) is 0 Å². The molecule has 6 nitrogen and oxygen atoms in total. The number of amides is 3. The fourth-order valence-corrected chi connectivity index (χ4v) is 2.50. The first-order valence-corrected chi connectivity index (χ1v) is 8.49. The number of hydrogen-bond donors (Lipinski definition) is 3. The average Bonchev–Trinajstić information content (AvgIpc) is 2.54. The maximum absolute atomic E-state index is 12.0. The van der Waals surface area contributed by atoms with Crippen LogP contribution in [0.3, 0.4) is 0 Å². The molecule has 0 aliphatic carbocycles. The maximum atomic E-state index is 12.0. The van der Waals surface area contributed by atoms with Gasteiger partial charge in [-0.05, 0) is 44.5 Å². The minimum atomic E-state index is -0.526. The second-order valence-electron chi connectivity index (χ2n) is 6.13. The first-order valence-electron chi connectivity index (χ1n) is 8.49. The van der Waals surface area contributed by atoms with Gasteiger partial charge in [-0.3, -0.25) is 4.79 Å². The molecule has 0 spiro atoms. The van der Waals surface area contributed by atoms with E-state index in [1.165, 1.54) is 11.1 Å². The molecular formula is C18H30N4O2. The predicted molar refractivity (Wildman–Crippen MR) is 96.7 cm³/mol. The Balaban J connectivity index is 2.40. The Hall–Kier alpha value is -2.08. The smallest absolute Gasteiger partial charge is 0.312 e. The summed E-state index contributed by atoms with van der Waals surface area (Å²) in [6.07, 6.45) is 2.94. The van der Waals surface area contributed by atoms with Crippen molar-refractivity contribution in [2.75, 3.05) is 27.2 Å². The number of nitrogens with zero attached hydrogens (tertiary/aromatic N) is 1. The SMILES string of the molecule is CCc1ccc(C(CNC(=O)CCCCNC(N)=O)N(C)C)cc1. The molecule has 0 aromatic heterocycles. The topological polar surface area (TPSA) is 87.5 Å². The van der Waals surface area contributed by atoms with E-state index >= 15 is 0 Å². The number of carbonyl (C=O) groups excluding carboxylic acids is 2. The standard InChI is InChI=1S/C18H30N4O2/c1-4-14-8-10-15(11-9-14)16(22(2)3)13-21-17(23)7-5-6-12-20-18(19)24/h8-11,16H,4-7,12-13H2,1-3H3,(H,21,23)(H3,19,20,24). The van der Waals surface area contributed by atoms with E-state index in [0.29, 0.717) is 19.5 Å². The minimum Gasteiger partial charge on any atom is -0.354 e. The molecule has 6 heteroatoms. The maximum Gasteiger partial charge on any atom is 0.312 e. The van der Waals surface area contributed by atoms with Gasteiger partial charge in [-0.25, -0.2) is 4.79 Å². The van der Waals surface area contributed by atoms with Gasteiger partial charge in [0.25, 0.3) is 0 Å². The van der Waals surface area contributed by atoms with Gasteiger partial charge >= 0.3 is 6.03 Å². The molecule has 0 saturated heterocycles. The molecule has 1 rings (SSSR count). The lowest BCUT2D eigenvalue weighted by molar-refractivity contribution is -0.121. The molecular weight excluding hydrogens is 304 g/mol. The third-order valence-electron chi connectivity index (χ3n) is 4.02. The molecule has 1 unspecified atom stereocenters. The number of aryl methyl sites for hydroxylation is 1. The summed E-state index contributed by atoms with van der Waals surface area (Å²) in [7, 11) is 4.03. The highest BCUT2D eigenvalue weighted by Crippen LogP contribution is 2.18. The third-order valence-corrected chi connectivity index (χ3v) is 4.02. The molecule has 24 heavy (non-hydrogen) atoms. The summed E-state index contributed by atoms with van der Waals surface area (Å²) in [5.74, 6) is 0.0334. The molecule has 0 fully saturated rings. The summed E-state index contributed by atoms with van der Waals surface area (Å²) in [4.78, 5) is 24.6. The normalized spacial score (nSPS) is 12.0. The van der Waals surface area contributed by atoms with E-state index in [9.17, 15) is 9.59 Å². The zero-order valence-electron chi connectivity index (χ0n) is 15.0. The number of likely N-dealkylation sites (N-methyl/N-ethyl adjacent to an activating group) is 1. The van der Waals surface area contributed by atoms with Crippen molar-refractivity contribution in [3.8, 4) is 0 Å². The van der Waals surface area contributed by atoms with Crippen molar-refractivity contribution in [1.29, 1.82) is 0 Å². The zero-order valence-corrected chi connectivity index (χ0v) is 15.0. The van der Waals surface area contributed by atoms with Gasteiger partial charge in [0.05, 0.1) is 6.04 Å². The Kier molecular flexibility index (Phi) is 8.86. The van der Waals surface area contributed by atoms with Gasteiger partial charge in [0, 0.05) is 19.5 Å². The number of hydrogen-bond acceptors (Lipinski definition) is 3. The summed E-state index contributed by atoms with van der Waals surface area (Å²) in [5, 5.41) is 5.51. The average molecular weight is 334 g/mol. The van der Waals surface area contributed by atoms with E-state index in [1.807, 2.05) is 14.1 Å². The van der Waals surface area contributed by atoms with Crippen LogP contribution in [0.25, 0.3) is 0 Å². The van der Waals surface area contributed by atoms with Crippen LogP contribution < -0.4 is 16.4 Å². The van der Waals surface area contributed by atoms with Crippen LogP contribution >= 0.6 is 0 Å². The van der Waals surface area contributed by atoms with E-state index in [-0.39, 0.29) is 11.9 Å². The Morgan fingerprint density at radius 3 is 2.33 bits per heavy atom. The number of urea groups is 1. The second-order valence-corrected chi connectivity index (χ2v) is 6.13. The van der Waals surface area contributed by atoms with Gasteiger partial charge in [-0.15, -0.1) is 0 Å². The van der Waals surface area contributed by atoms with Gasteiger partial charge in [-0.2, -0.15) is 0 Å². The quantitative estimate of drug-likeness (QED) is 0.570. The molecule has 0 bridgehead atoms. The van der Waals surface area contributed by atoms with Crippen molar-refractivity contribution in [1.82, 2.24) is 15.5 Å². The summed E-state index contributed by atoms with van der Waals surface area (Å²) >= 11 is 0. The molecule has 0 heterocycles. The van der Waals surface area contributed by atoms with Crippen LogP contribution in [0.5, 0.6) is 0 Å². The van der Waals surface area contributed by atoms with Gasteiger partial charge in [0.2, 0.25) is 5.91 Å². The molecule has 3 amide bonds. The Morgan fingerprint density at radius 2 is 1.79 bits per heavy atom.